The Balaban J connectivity index is 3.02. The second kappa shape index (κ2) is 13.8. The molecule has 13 heteroatoms. The normalized spacial score (nSPS) is 16.1. The first-order chi connectivity index (χ1) is 20.8. The van der Waals surface area contributed by atoms with Crippen molar-refractivity contribution in [3.63, 3.8) is 0 Å². The Kier molecular flexibility index (Phi) is 11.5. The number of hydrogen-bond donors (Lipinski definition) is 0. The van der Waals surface area contributed by atoms with Crippen LogP contribution in [0.5, 0.6) is 0 Å². The third-order valence-corrected chi connectivity index (χ3v) is 5.56. The number of ketones is 1. The lowest BCUT2D eigenvalue weighted by Gasteiger charge is -2.40. The Morgan fingerprint density at radius 1 is 0.500 bits per heavy atom. The molecule has 0 aromatic heterocycles. The van der Waals surface area contributed by atoms with Crippen molar-refractivity contribution in [2.45, 2.75) is 105 Å². The summed E-state index contributed by atoms with van der Waals surface area (Å²) in [6.45, 7) is 18.4. The molecule has 13 nitrogen and oxygen atoms in total. The highest BCUT2D eigenvalue weighted by molar-refractivity contribution is 6.20. The van der Waals surface area contributed by atoms with Gasteiger partial charge in [-0.1, -0.05) is 42.5 Å². The summed E-state index contributed by atoms with van der Waals surface area (Å²) >= 11 is 0. The molecule has 1 aliphatic rings. The molecule has 0 heterocycles. The first kappa shape index (κ1) is 38.3. The molecule has 0 bridgehead atoms. The summed E-state index contributed by atoms with van der Waals surface area (Å²) in [4.78, 5) is 112. The average molecular weight is 649 g/mol. The summed E-state index contributed by atoms with van der Waals surface area (Å²) in [5.74, 6) is -7.25. The van der Waals surface area contributed by atoms with E-state index in [-0.39, 0.29) is 11.1 Å². The zero-order chi connectivity index (χ0) is 35.4. The molecule has 0 spiro atoms. The van der Waals surface area contributed by atoms with Gasteiger partial charge in [0, 0.05) is 11.1 Å². The minimum atomic E-state index is -3.23. The molecule has 1 aliphatic carbocycles. The van der Waals surface area contributed by atoms with Gasteiger partial charge in [-0.15, -0.1) is 0 Å². The number of hydrogen-bond acceptors (Lipinski definition) is 13. The quantitative estimate of drug-likeness (QED) is 0.137. The molecule has 2 rings (SSSR count). The second-order valence-electron chi connectivity index (χ2n) is 14.5. The summed E-state index contributed by atoms with van der Waals surface area (Å²) in [6.07, 6.45) is 2.60. The van der Waals surface area contributed by atoms with Crippen molar-refractivity contribution < 1.29 is 63.1 Å². The summed E-state index contributed by atoms with van der Waals surface area (Å²) in [5.41, 5.74) is -11.1. The van der Waals surface area contributed by atoms with Gasteiger partial charge >= 0.3 is 23.9 Å². The van der Waals surface area contributed by atoms with Gasteiger partial charge in [-0.3, -0.25) is 24.3 Å². The molecule has 0 fully saturated rings. The maximum atomic E-state index is 14.3. The van der Waals surface area contributed by atoms with Crippen molar-refractivity contribution in [2.24, 2.45) is 10.8 Å². The van der Waals surface area contributed by atoms with Crippen LogP contribution in [-0.2, 0) is 58.3 Å². The lowest BCUT2D eigenvalue weighted by Crippen LogP contribution is -2.62. The SMILES string of the molecule is CC(C)(C)OOC(=O)C1(C(=O)OOC(C)(C)C)C=CC(C(=O)c2ccccc2)=CC1(C(=O)OOC(C)(C)C)C(=O)OOC(C)(C)C. The highest BCUT2D eigenvalue weighted by Gasteiger charge is 2.75. The van der Waals surface area contributed by atoms with Crippen molar-refractivity contribution in [3.05, 3.63) is 59.7 Å². The predicted octanol–water partition coefficient (Wildman–Crippen LogP) is 5.43. The van der Waals surface area contributed by atoms with Crippen LogP contribution in [0.4, 0.5) is 0 Å². The molecule has 0 N–H and O–H groups in total. The van der Waals surface area contributed by atoms with Gasteiger partial charge in [0.2, 0.25) is 10.8 Å². The van der Waals surface area contributed by atoms with Crippen LogP contribution in [0.3, 0.4) is 0 Å². The van der Waals surface area contributed by atoms with E-state index in [2.05, 4.69) is 0 Å². The van der Waals surface area contributed by atoms with Gasteiger partial charge < -0.3 is 0 Å². The van der Waals surface area contributed by atoms with Crippen molar-refractivity contribution in [1.29, 1.82) is 0 Å². The van der Waals surface area contributed by atoms with E-state index in [1.807, 2.05) is 0 Å². The Morgan fingerprint density at radius 2 is 0.826 bits per heavy atom. The van der Waals surface area contributed by atoms with Gasteiger partial charge in [-0.2, -0.15) is 19.6 Å². The molecular weight excluding hydrogens is 604 g/mol. The Hall–Kier alpha value is -3.91. The molecule has 0 unspecified atom stereocenters. The molecule has 0 amide bonds. The molecular formula is C33H44O13. The van der Waals surface area contributed by atoms with Gasteiger partial charge in [-0.05, 0) is 89.2 Å². The van der Waals surface area contributed by atoms with E-state index >= 15 is 0 Å². The molecule has 46 heavy (non-hydrogen) atoms. The molecule has 0 atom stereocenters. The van der Waals surface area contributed by atoms with Crippen LogP contribution in [0.2, 0.25) is 0 Å². The number of benzene rings is 1. The summed E-state index contributed by atoms with van der Waals surface area (Å²) < 4.78 is 0. The molecule has 0 aliphatic heterocycles. The maximum Gasteiger partial charge on any atom is 0.365 e. The monoisotopic (exact) mass is 648 g/mol. The van der Waals surface area contributed by atoms with Gasteiger partial charge in [0.05, 0.1) is 0 Å². The van der Waals surface area contributed by atoms with Crippen molar-refractivity contribution >= 4 is 29.7 Å². The van der Waals surface area contributed by atoms with Crippen LogP contribution in [0.15, 0.2) is 54.1 Å². The van der Waals surface area contributed by atoms with Crippen molar-refractivity contribution in [3.8, 4) is 0 Å². The van der Waals surface area contributed by atoms with Crippen LogP contribution in [0.25, 0.3) is 0 Å². The topological polar surface area (TPSA) is 159 Å². The minimum Gasteiger partial charge on any atom is -0.296 e. The van der Waals surface area contributed by atoms with Crippen LogP contribution in [0.1, 0.15) is 93.4 Å². The zero-order valence-electron chi connectivity index (χ0n) is 28.4. The number of allylic oxidation sites excluding steroid dienone is 2. The van der Waals surface area contributed by atoms with E-state index in [0.29, 0.717) is 0 Å². The lowest BCUT2D eigenvalue weighted by atomic mass is 9.59. The first-order valence-corrected chi connectivity index (χ1v) is 14.5. The number of carbonyl (C=O) groups is 5. The Labute approximate surface area is 268 Å². The summed E-state index contributed by atoms with van der Waals surface area (Å²) in [5, 5.41) is 0. The first-order valence-electron chi connectivity index (χ1n) is 14.5. The highest BCUT2D eigenvalue weighted by atomic mass is 17.2. The van der Waals surface area contributed by atoms with E-state index in [0.717, 1.165) is 18.2 Å². The zero-order valence-corrected chi connectivity index (χ0v) is 28.4. The molecule has 1 aromatic carbocycles. The van der Waals surface area contributed by atoms with Gasteiger partial charge in [-0.25, -0.2) is 19.2 Å². The Bertz CT molecular complexity index is 1300. The smallest absolute Gasteiger partial charge is 0.296 e. The van der Waals surface area contributed by atoms with E-state index in [9.17, 15) is 24.0 Å². The van der Waals surface area contributed by atoms with Gasteiger partial charge in [0.25, 0.3) is 0 Å². The molecule has 0 radical (unpaired) electrons. The summed E-state index contributed by atoms with van der Waals surface area (Å²) in [7, 11) is 0. The van der Waals surface area contributed by atoms with Gasteiger partial charge in [0.1, 0.15) is 22.4 Å². The highest BCUT2D eigenvalue weighted by Crippen LogP contribution is 2.51. The number of rotatable bonds is 10. The lowest BCUT2D eigenvalue weighted by molar-refractivity contribution is -0.352. The fourth-order valence-corrected chi connectivity index (χ4v) is 3.62. The second-order valence-corrected chi connectivity index (χ2v) is 14.5. The third kappa shape index (κ3) is 9.55. The van der Waals surface area contributed by atoms with E-state index in [1.165, 1.54) is 95.2 Å². The molecule has 1 aromatic rings. The summed E-state index contributed by atoms with van der Waals surface area (Å²) in [6, 6.07) is 7.84. The molecule has 0 saturated heterocycles. The number of carbonyl (C=O) groups excluding carboxylic acids is 5. The van der Waals surface area contributed by atoms with Crippen LogP contribution < -0.4 is 0 Å². The third-order valence-electron chi connectivity index (χ3n) is 5.56. The maximum absolute atomic E-state index is 14.3. The van der Waals surface area contributed by atoms with Crippen molar-refractivity contribution in [1.82, 2.24) is 0 Å². The molecule has 254 valence electrons. The van der Waals surface area contributed by atoms with Crippen LogP contribution >= 0.6 is 0 Å². The van der Waals surface area contributed by atoms with E-state index in [1.54, 1.807) is 18.2 Å². The molecule has 0 saturated carbocycles. The Morgan fingerprint density at radius 3 is 1.15 bits per heavy atom. The largest absolute Gasteiger partial charge is 0.365 e. The van der Waals surface area contributed by atoms with E-state index in [4.69, 9.17) is 39.1 Å². The van der Waals surface area contributed by atoms with Crippen LogP contribution in [-0.4, -0.2) is 52.1 Å². The van der Waals surface area contributed by atoms with Crippen molar-refractivity contribution in [2.75, 3.05) is 0 Å². The minimum absolute atomic E-state index is 0.149. The van der Waals surface area contributed by atoms with E-state index < -0.39 is 62.9 Å². The number of Topliss-reactive ketones (excluding diaryl/α,β-unsaturated/α-hetero) is 1. The fourth-order valence-electron chi connectivity index (χ4n) is 3.62. The fraction of sp³-hybridized carbons (Fsp3) is 0.545. The standard InChI is InChI=1S/C33H44O13/c1-28(2,3)43-39-24(35)32(25(36)40-44-29(4,5)6)19-18-22(23(34)21-16-14-13-15-17-21)20-33(32,26(37)41-45-30(7,8)9)27(38)42-46-31(10,11)12/h13-20H,1-12H3. The van der Waals surface area contributed by atoms with Crippen LogP contribution in [0, 0.1) is 10.8 Å². The van der Waals surface area contributed by atoms with Gasteiger partial charge in [0.15, 0.2) is 5.78 Å². The predicted molar refractivity (Wildman–Crippen MR) is 161 cm³/mol. The average Bonchev–Trinajstić information content (AvgIpc) is 2.94.